The fraction of sp³-hybridized carbons (Fsp3) is 0.556. The molecule has 1 saturated carbocycles. The lowest BCUT2D eigenvalue weighted by Gasteiger charge is -2.14. The molecule has 1 atom stereocenters. The van der Waals surface area contributed by atoms with Crippen molar-refractivity contribution in [2.45, 2.75) is 57.4 Å². The molecule has 0 radical (unpaired) electrons. The topological polar surface area (TPSA) is 58.2 Å². The SMILES string of the molecule is C[C@@H](CNC(=O)CCC(=O)NC1CCCC1)c1ccc(Cl)cc1. The lowest BCUT2D eigenvalue weighted by atomic mass is 10.0. The molecule has 5 heteroatoms. The Kier molecular flexibility index (Phi) is 6.90. The summed E-state index contributed by atoms with van der Waals surface area (Å²) < 4.78 is 0. The minimum atomic E-state index is -0.0765. The van der Waals surface area contributed by atoms with Gasteiger partial charge < -0.3 is 10.6 Å². The number of hydrogen-bond donors (Lipinski definition) is 2. The van der Waals surface area contributed by atoms with E-state index >= 15 is 0 Å². The molecule has 2 rings (SSSR count). The number of carbonyl (C=O) groups excluding carboxylic acids is 2. The zero-order chi connectivity index (χ0) is 16.7. The second-order valence-electron chi connectivity index (χ2n) is 6.31. The van der Waals surface area contributed by atoms with Gasteiger partial charge in [-0.05, 0) is 36.5 Å². The summed E-state index contributed by atoms with van der Waals surface area (Å²) in [6.45, 7) is 2.61. The van der Waals surface area contributed by atoms with Gasteiger partial charge in [0.15, 0.2) is 0 Å². The lowest BCUT2D eigenvalue weighted by Crippen LogP contribution is -2.34. The smallest absolute Gasteiger partial charge is 0.220 e. The highest BCUT2D eigenvalue weighted by Crippen LogP contribution is 2.18. The highest BCUT2D eigenvalue weighted by Gasteiger charge is 2.17. The molecule has 0 saturated heterocycles. The van der Waals surface area contributed by atoms with Gasteiger partial charge in [-0.1, -0.05) is 43.5 Å². The molecular formula is C18H25ClN2O2. The maximum Gasteiger partial charge on any atom is 0.220 e. The first-order valence-corrected chi connectivity index (χ1v) is 8.74. The first-order chi connectivity index (χ1) is 11.0. The van der Waals surface area contributed by atoms with Crippen molar-refractivity contribution in [3.05, 3.63) is 34.9 Å². The Balaban J connectivity index is 1.64. The predicted octanol–water partition coefficient (Wildman–Crippen LogP) is 3.40. The predicted molar refractivity (Wildman–Crippen MR) is 92.5 cm³/mol. The third-order valence-corrected chi connectivity index (χ3v) is 4.60. The van der Waals surface area contributed by atoms with E-state index in [1.165, 1.54) is 12.8 Å². The van der Waals surface area contributed by atoms with E-state index in [4.69, 9.17) is 11.6 Å². The van der Waals surface area contributed by atoms with Crippen molar-refractivity contribution >= 4 is 23.4 Å². The summed E-state index contributed by atoms with van der Waals surface area (Å²) in [5.41, 5.74) is 1.13. The first-order valence-electron chi connectivity index (χ1n) is 8.36. The molecule has 2 N–H and O–H groups in total. The number of benzene rings is 1. The van der Waals surface area contributed by atoms with E-state index < -0.39 is 0 Å². The van der Waals surface area contributed by atoms with Gasteiger partial charge in [0.2, 0.25) is 11.8 Å². The van der Waals surface area contributed by atoms with Crippen molar-refractivity contribution in [1.82, 2.24) is 10.6 Å². The lowest BCUT2D eigenvalue weighted by molar-refractivity contribution is -0.126. The number of rotatable bonds is 7. The Morgan fingerprint density at radius 2 is 1.74 bits per heavy atom. The summed E-state index contributed by atoms with van der Waals surface area (Å²) in [7, 11) is 0. The summed E-state index contributed by atoms with van der Waals surface area (Å²) in [5, 5.41) is 6.60. The number of nitrogens with one attached hydrogen (secondary N) is 2. The average molecular weight is 337 g/mol. The Hall–Kier alpha value is -1.55. The quantitative estimate of drug-likeness (QED) is 0.801. The van der Waals surface area contributed by atoms with Gasteiger partial charge in [-0.25, -0.2) is 0 Å². The van der Waals surface area contributed by atoms with E-state index in [9.17, 15) is 9.59 Å². The van der Waals surface area contributed by atoms with E-state index in [2.05, 4.69) is 17.6 Å². The molecule has 0 aliphatic heterocycles. The number of amides is 2. The molecule has 0 spiro atoms. The van der Waals surface area contributed by atoms with Gasteiger partial charge in [0.25, 0.3) is 0 Å². The van der Waals surface area contributed by atoms with E-state index in [1.807, 2.05) is 24.3 Å². The second kappa shape index (κ2) is 8.92. The van der Waals surface area contributed by atoms with Gasteiger partial charge in [-0.2, -0.15) is 0 Å². The Morgan fingerprint density at radius 1 is 1.13 bits per heavy atom. The fourth-order valence-corrected chi connectivity index (χ4v) is 2.99. The Labute approximate surface area is 143 Å². The summed E-state index contributed by atoms with van der Waals surface area (Å²) in [5.74, 6) is 0.119. The van der Waals surface area contributed by atoms with Gasteiger partial charge in [-0.3, -0.25) is 9.59 Å². The zero-order valence-corrected chi connectivity index (χ0v) is 14.4. The van der Waals surface area contributed by atoms with Gasteiger partial charge in [-0.15, -0.1) is 0 Å². The molecule has 1 fully saturated rings. The van der Waals surface area contributed by atoms with E-state index in [0.717, 1.165) is 18.4 Å². The molecule has 1 aromatic carbocycles. The molecule has 23 heavy (non-hydrogen) atoms. The molecule has 1 aliphatic carbocycles. The molecule has 1 aromatic rings. The largest absolute Gasteiger partial charge is 0.355 e. The van der Waals surface area contributed by atoms with Gasteiger partial charge >= 0.3 is 0 Å². The number of carbonyl (C=O) groups is 2. The van der Waals surface area contributed by atoms with Crippen molar-refractivity contribution in [3.63, 3.8) is 0 Å². The van der Waals surface area contributed by atoms with Crippen LogP contribution in [0.3, 0.4) is 0 Å². The maximum atomic E-state index is 11.9. The minimum Gasteiger partial charge on any atom is -0.355 e. The van der Waals surface area contributed by atoms with E-state index in [-0.39, 0.29) is 30.6 Å². The Bertz CT molecular complexity index is 524. The van der Waals surface area contributed by atoms with Crippen LogP contribution in [0.5, 0.6) is 0 Å². The van der Waals surface area contributed by atoms with Crippen LogP contribution in [0.15, 0.2) is 24.3 Å². The standard InChI is InChI=1S/C18H25ClN2O2/c1-13(14-6-8-15(19)9-7-14)12-20-17(22)10-11-18(23)21-16-4-2-3-5-16/h6-9,13,16H,2-5,10-12H2,1H3,(H,20,22)(H,21,23)/t13-/m0/s1. The summed E-state index contributed by atoms with van der Waals surface area (Å²) in [6, 6.07) is 7.95. The molecule has 0 aromatic heterocycles. The average Bonchev–Trinajstić information content (AvgIpc) is 3.04. The summed E-state index contributed by atoms with van der Waals surface area (Å²) >= 11 is 5.87. The van der Waals surface area contributed by atoms with Crippen LogP contribution in [0.1, 0.15) is 56.9 Å². The Morgan fingerprint density at radius 3 is 2.39 bits per heavy atom. The van der Waals surface area contributed by atoms with Crippen LogP contribution in [0.2, 0.25) is 5.02 Å². The van der Waals surface area contributed by atoms with Crippen LogP contribution in [-0.2, 0) is 9.59 Å². The van der Waals surface area contributed by atoms with Crippen molar-refractivity contribution in [3.8, 4) is 0 Å². The van der Waals surface area contributed by atoms with Crippen molar-refractivity contribution in [2.24, 2.45) is 0 Å². The van der Waals surface area contributed by atoms with E-state index in [1.54, 1.807) is 0 Å². The number of hydrogen-bond acceptors (Lipinski definition) is 2. The molecule has 2 amide bonds. The highest BCUT2D eigenvalue weighted by atomic mass is 35.5. The van der Waals surface area contributed by atoms with Gasteiger partial charge in [0.1, 0.15) is 0 Å². The van der Waals surface area contributed by atoms with Crippen LogP contribution < -0.4 is 10.6 Å². The van der Waals surface area contributed by atoms with Crippen LogP contribution in [-0.4, -0.2) is 24.4 Å². The molecule has 0 bridgehead atoms. The van der Waals surface area contributed by atoms with Crippen LogP contribution in [0.25, 0.3) is 0 Å². The maximum absolute atomic E-state index is 11.9. The first kappa shape index (κ1) is 17.8. The third kappa shape index (κ3) is 6.22. The zero-order valence-electron chi connectivity index (χ0n) is 13.6. The normalized spacial score (nSPS) is 16.1. The third-order valence-electron chi connectivity index (χ3n) is 4.34. The number of halogens is 1. The molecule has 126 valence electrons. The van der Waals surface area contributed by atoms with Crippen LogP contribution in [0, 0.1) is 0 Å². The molecule has 0 heterocycles. The molecular weight excluding hydrogens is 312 g/mol. The second-order valence-corrected chi connectivity index (χ2v) is 6.74. The minimum absolute atomic E-state index is 0.0159. The van der Waals surface area contributed by atoms with E-state index in [0.29, 0.717) is 17.6 Å². The summed E-state index contributed by atoms with van der Waals surface area (Å²) in [4.78, 5) is 23.7. The van der Waals surface area contributed by atoms with Gasteiger partial charge in [0.05, 0.1) is 0 Å². The summed E-state index contributed by atoms with van der Waals surface area (Å²) in [6.07, 6.45) is 5.01. The highest BCUT2D eigenvalue weighted by molar-refractivity contribution is 6.30. The molecule has 4 nitrogen and oxygen atoms in total. The van der Waals surface area contributed by atoms with Crippen molar-refractivity contribution in [1.29, 1.82) is 0 Å². The van der Waals surface area contributed by atoms with Crippen LogP contribution in [0.4, 0.5) is 0 Å². The van der Waals surface area contributed by atoms with Crippen molar-refractivity contribution < 1.29 is 9.59 Å². The molecule has 0 unspecified atom stereocenters. The monoisotopic (exact) mass is 336 g/mol. The van der Waals surface area contributed by atoms with Crippen molar-refractivity contribution in [2.75, 3.05) is 6.54 Å². The van der Waals surface area contributed by atoms with Gasteiger partial charge in [0, 0.05) is 30.5 Å². The fourth-order valence-electron chi connectivity index (χ4n) is 2.86. The van der Waals surface area contributed by atoms with Crippen LogP contribution >= 0.6 is 11.6 Å². The molecule has 1 aliphatic rings.